The van der Waals surface area contributed by atoms with E-state index >= 15 is 0 Å². The molecule has 2 aliphatic heterocycles. The van der Waals surface area contributed by atoms with Gasteiger partial charge in [-0.3, -0.25) is 4.90 Å². The summed E-state index contributed by atoms with van der Waals surface area (Å²) in [5, 5.41) is 0. The Bertz CT molecular complexity index is 470. The van der Waals surface area contributed by atoms with Gasteiger partial charge in [-0.15, -0.1) is 0 Å². The number of fused-ring (bicyclic) bond motifs is 2. The first-order chi connectivity index (χ1) is 9.10. The molecule has 0 amide bonds. The first-order valence-electron chi connectivity index (χ1n) is 6.30. The molecule has 2 atom stereocenters. The van der Waals surface area contributed by atoms with E-state index in [1.165, 1.54) is 6.07 Å². The number of nitrogens with zero attached hydrogens (tertiary/aromatic N) is 1. The second-order valence-electron chi connectivity index (χ2n) is 5.06. The Morgan fingerprint density at radius 1 is 1.42 bits per heavy atom. The van der Waals surface area contributed by atoms with Gasteiger partial charge in [0.2, 0.25) is 0 Å². The lowest BCUT2D eigenvalue weighted by atomic mass is 10.1. The maximum atomic E-state index is 12.2. The van der Waals surface area contributed by atoms with Crippen molar-refractivity contribution in [2.24, 2.45) is 0 Å². The van der Waals surface area contributed by atoms with E-state index in [0.29, 0.717) is 24.4 Å². The number of nitrogen functional groups attached to an aromatic ring is 1. The molecular formula is C13H16F2N2O2. The zero-order chi connectivity index (χ0) is 13.4. The molecule has 0 spiro atoms. The smallest absolute Gasteiger partial charge is 0.387 e. The van der Waals surface area contributed by atoms with Crippen molar-refractivity contribution < 1.29 is 18.3 Å². The van der Waals surface area contributed by atoms with E-state index in [-0.39, 0.29) is 5.75 Å². The molecule has 2 heterocycles. The van der Waals surface area contributed by atoms with Gasteiger partial charge in [-0.2, -0.15) is 8.78 Å². The molecule has 104 valence electrons. The fourth-order valence-corrected chi connectivity index (χ4v) is 2.86. The van der Waals surface area contributed by atoms with E-state index in [2.05, 4.69) is 9.64 Å². The normalized spacial score (nSPS) is 26.3. The van der Waals surface area contributed by atoms with E-state index < -0.39 is 6.61 Å². The number of nitrogens with two attached hydrogens (primary N) is 1. The largest absolute Gasteiger partial charge is 0.435 e. The molecule has 2 N–H and O–H groups in total. The SMILES string of the molecule is Nc1cc(CN2CC3CC2CO3)cc(OC(F)F)c1. The summed E-state index contributed by atoms with van der Waals surface area (Å²) < 4.78 is 34.4. The number of alkyl halides is 2. The number of morpholine rings is 1. The summed E-state index contributed by atoms with van der Waals surface area (Å²) in [5.41, 5.74) is 7.05. The van der Waals surface area contributed by atoms with Crippen LogP contribution in [0.15, 0.2) is 18.2 Å². The van der Waals surface area contributed by atoms with Gasteiger partial charge in [0.15, 0.2) is 0 Å². The van der Waals surface area contributed by atoms with Crippen molar-refractivity contribution in [1.29, 1.82) is 0 Å². The molecule has 3 rings (SSSR count). The summed E-state index contributed by atoms with van der Waals surface area (Å²) in [7, 11) is 0. The predicted octanol–water partition coefficient (Wildman–Crippen LogP) is 1.84. The van der Waals surface area contributed by atoms with Crippen LogP contribution in [0.3, 0.4) is 0 Å². The Morgan fingerprint density at radius 3 is 2.89 bits per heavy atom. The first kappa shape index (κ1) is 12.6. The standard InChI is InChI=1S/C13H16F2N2O2/c14-13(15)19-11-2-8(1-9(16)3-11)5-17-6-12-4-10(17)7-18-12/h1-3,10,12-13H,4-7,16H2. The van der Waals surface area contributed by atoms with E-state index in [1.54, 1.807) is 12.1 Å². The van der Waals surface area contributed by atoms with Crippen LogP contribution >= 0.6 is 0 Å². The first-order valence-corrected chi connectivity index (χ1v) is 6.30. The highest BCUT2D eigenvalue weighted by Crippen LogP contribution is 2.30. The Hall–Kier alpha value is -1.40. The molecule has 2 unspecified atom stereocenters. The van der Waals surface area contributed by atoms with Gasteiger partial charge < -0.3 is 15.2 Å². The van der Waals surface area contributed by atoms with Crippen molar-refractivity contribution in [1.82, 2.24) is 4.90 Å². The van der Waals surface area contributed by atoms with Crippen LogP contribution in [-0.4, -0.2) is 36.8 Å². The minimum Gasteiger partial charge on any atom is -0.435 e. The molecule has 2 aliphatic rings. The van der Waals surface area contributed by atoms with Crippen molar-refractivity contribution >= 4 is 5.69 Å². The molecule has 1 aromatic rings. The molecule has 19 heavy (non-hydrogen) atoms. The topological polar surface area (TPSA) is 47.7 Å². The van der Waals surface area contributed by atoms with Gasteiger partial charge in [0.1, 0.15) is 5.75 Å². The molecule has 6 heteroatoms. The Labute approximate surface area is 110 Å². The molecule has 2 fully saturated rings. The van der Waals surface area contributed by atoms with Crippen LogP contribution in [0.1, 0.15) is 12.0 Å². The second-order valence-corrected chi connectivity index (χ2v) is 5.06. The second kappa shape index (κ2) is 4.94. The molecule has 2 saturated heterocycles. The van der Waals surface area contributed by atoms with Crippen molar-refractivity contribution in [3.05, 3.63) is 23.8 Å². The van der Waals surface area contributed by atoms with Gasteiger partial charge in [0.25, 0.3) is 0 Å². The third-order valence-corrected chi connectivity index (χ3v) is 3.61. The minimum absolute atomic E-state index is 0.116. The average molecular weight is 270 g/mol. The molecule has 1 aromatic carbocycles. The lowest BCUT2D eigenvalue weighted by Crippen LogP contribution is -2.36. The number of benzene rings is 1. The zero-order valence-electron chi connectivity index (χ0n) is 10.4. The summed E-state index contributed by atoms with van der Waals surface area (Å²) >= 11 is 0. The van der Waals surface area contributed by atoms with E-state index in [9.17, 15) is 8.78 Å². The van der Waals surface area contributed by atoms with Gasteiger partial charge in [-0.05, 0) is 24.1 Å². The average Bonchev–Trinajstić information content (AvgIpc) is 2.88. The molecule has 0 saturated carbocycles. The fourth-order valence-electron chi connectivity index (χ4n) is 2.86. The zero-order valence-corrected chi connectivity index (χ0v) is 10.4. The quantitative estimate of drug-likeness (QED) is 0.848. The number of halogens is 2. The molecular weight excluding hydrogens is 254 g/mol. The number of likely N-dealkylation sites (tertiary alicyclic amines) is 1. The molecule has 4 nitrogen and oxygen atoms in total. The Balaban J connectivity index is 1.71. The van der Waals surface area contributed by atoms with Crippen molar-refractivity contribution in [2.75, 3.05) is 18.9 Å². The van der Waals surface area contributed by atoms with E-state index in [0.717, 1.165) is 25.1 Å². The van der Waals surface area contributed by atoms with Crippen LogP contribution in [0, 0.1) is 0 Å². The third kappa shape index (κ3) is 2.79. The van der Waals surface area contributed by atoms with E-state index in [4.69, 9.17) is 10.5 Å². The van der Waals surface area contributed by atoms with Crippen LogP contribution < -0.4 is 10.5 Å². The van der Waals surface area contributed by atoms with Crippen molar-refractivity contribution in [2.45, 2.75) is 31.7 Å². The summed E-state index contributed by atoms with van der Waals surface area (Å²) in [6.45, 7) is -0.488. The summed E-state index contributed by atoms with van der Waals surface area (Å²) in [6, 6.07) is 5.26. The third-order valence-electron chi connectivity index (χ3n) is 3.61. The lowest BCUT2D eigenvalue weighted by Gasteiger charge is -2.26. The maximum absolute atomic E-state index is 12.2. The summed E-state index contributed by atoms with van der Waals surface area (Å²) in [6.07, 6.45) is 1.38. The molecule has 0 radical (unpaired) electrons. The van der Waals surface area contributed by atoms with Crippen LogP contribution in [0.4, 0.5) is 14.5 Å². The van der Waals surface area contributed by atoms with Gasteiger partial charge in [0, 0.05) is 30.9 Å². The van der Waals surface area contributed by atoms with Crippen molar-refractivity contribution in [3.63, 3.8) is 0 Å². The highest BCUT2D eigenvalue weighted by Gasteiger charge is 2.38. The monoisotopic (exact) mass is 270 g/mol. The number of hydrogen-bond acceptors (Lipinski definition) is 4. The van der Waals surface area contributed by atoms with Gasteiger partial charge in [-0.1, -0.05) is 0 Å². The number of ether oxygens (including phenoxy) is 2. The highest BCUT2D eigenvalue weighted by atomic mass is 19.3. The molecule has 2 bridgehead atoms. The molecule has 0 aliphatic carbocycles. The van der Waals surface area contributed by atoms with Crippen LogP contribution in [0.5, 0.6) is 5.75 Å². The summed E-state index contributed by atoms with van der Waals surface area (Å²) in [4.78, 5) is 2.30. The van der Waals surface area contributed by atoms with Crippen molar-refractivity contribution in [3.8, 4) is 5.75 Å². The summed E-state index contributed by atoms with van der Waals surface area (Å²) in [5.74, 6) is 0.116. The highest BCUT2D eigenvalue weighted by molar-refractivity contribution is 5.47. The maximum Gasteiger partial charge on any atom is 0.387 e. The number of rotatable bonds is 4. The van der Waals surface area contributed by atoms with Gasteiger partial charge >= 0.3 is 6.61 Å². The van der Waals surface area contributed by atoms with Gasteiger partial charge in [-0.25, -0.2) is 0 Å². The van der Waals surface area contributed by atoms with Crippen LogP contribution in [0.2, 0.25) is 0 Å². The minimum atomic E-state index is -2.83. The molecule has 0 aromatic heterocycles. The Morgan fingerprint density at radius 2 is 2.26 bits per heavy atom. The lowest BCUT2D eigenvalue weighted by molar-refractivity contribution is -0.0498. The van der Waals surface area contributed by atoms with Crippen LogP contribution in [0.25, 0.3) is 0 Å². The number of anilines is 1. The van der Waals surface area contributed by atoms with Crippen LogP contribution in [-0.2, 0) is 11.3 Å². The van der Waals surface area contributed by atoms with Gasteiger partial charge in [0.05, 0.1) is 12.7 Å². The fraction of sp³-hybridized carbons (Fsp3) is 0.538. The number of hydrogen-bond donors (Lipinski definition) is 1. The van der Waals surface area contributed by atoms with E-state index in [1.807, 2.05) is 0 Å². The Kier molecular flexibility index (Phi) is 3.28. The predicted molar refractivity (Wildman–Crippen MR) is 66.0 cm³/mol.